The van der Waals surface area contributed by atoms with Crippen molar-refractivity contribution in [2.45, 2.75) is 6.92 Å². The second kappa shape index (κ2) is 4.28. The van der Waals surface area contributed by atoms with Crippen LogP contribution in [0.4, 0.5) is 10.7 Å². The van der Waals surface area contributed by atoms with Crippen LogP contribution in [0, 0.1) is 6.92 Å². The highest BCUT2D eigenvalue weighted by molar-refractivity contribution is 7.10. The molecule has 2 aromatic rings. The van der Waals surface area contributed by atoms with E-state index in [1.54, 1.807) is 0 Å². The molecule has 1 aromatic carbocycles. The van der Waals surface area contributed by atoms with Crippen LogP contribution in [0.15, 0.2) is 24.3 Å². The Kier molecular flexibility index (Phi) is 2.82. The minimum atomic E-state index is -0.338. The Morgan fingerprint density at radius 3 is 2.62 bits per heavy atom. The van der Waals surface area contributed by atoms with Gasteiger partial charge in [-0.1, -0.05) is 22.2 Å². The predicted octanol–water partition coefficient (Wildman–Crippen LogP) is 1.68. The van der Waals surface area contributed by atoms with E-state index in [1.807, 2.05) is 31.2 Å². The fourth-order valence-electron chi connectivity index (χ4n) is 1.18. The van der Waals surface area contributed by atoms with Gasteiger partial charge in [-0.05, 0) is 19.1 Å². The van der Waals surface area contributed by atoms with E-state index in [0.29, 0.717) is 10.7 Å². The summed E-state index contributed by atoms with van der Waals surface area (Å²) in [4.78, 5) is 11.7. The molecule has 1 amide bonds. The average Bonchev–Trinajstić information content (AvgIpc) is 2.68. The largest absolute Gasteiger partial charge is 0.387 e. The van der Waals surface area contributed by atoms with Gasteiger partial charge in [-0.25, -0.2) is 0 Å². The molecule has 5 nitrogen and oxygen atoms in total. The molecule has 0 spiro atoms. The number of nitrogens with two attached hydrogens (primary N) is 1. The number of nitrogens with zero attached hydrogens (tertiary/aromatic N) is 2. The van der Waals surface area contributed by atoms with Gasteiger partial charge in [-0.15, -0.1) is 5.10 Å². The van der Waals surface area contributed by atoms with E-state index in [4.69, 9.17) is 5.73 Å². The number of aryl methyl sites for hydroxylation is 1. The maximum absolute atomic E-state index is 11.7. The monoisotopic (exact) mass is 234 g/mol. The number of anilines is 2. The van der Waals surface area contributed by atoms with Gasteiger partial charge in [0.05, 0.1) is 0 Å². The summed E-state index contributed by atoms with van der Waals surface area (Å²) in [6.07, 6.45) is 0. The Morgan fingerprint density at radius 2 is 2.06 bits per heavy atom. The average molecular weight is 234 g/mol. The van der Waals surface area contributed by atoms with Crippen LogP contribution in [0.1, 0.15) is 16.1 Å². The van der Waals surface area contributed by atoms with Crippen LogP contribution < -0.4 is 11.1 Å². The number of carbonyl (C=O) groups excluding carboxylic acids is 1. The second-order valence-corrected chi connectivity index (χ2v) is 4.09. The van der Waals surface area contributed by atoms with Crippen LogP contribution in [0.2, 0.25) is 0 Å². The van der Waals surface area contributed by atoms with E-state index in [0.717, 1.165) is 17.1 Å². The SMILES string of the molecule is Cc1ccc(NC(=O)c2nnsc2N)cc1. The van der Waals surface area contributed by atoms with E-state index >= 15 is 0 Å². The molecule has 0 saturated carbocycles. The molecule has 0 saturated heterocycles. The Labute approximate surface area is 96.5 Å². The van der Waals surface area contributed by atoms with Crippen molar-refractivity contribution in [2.24, 2.45) is 0 Å². The number of rotatable bonds is 2. The highest BCUT2D eigenvalue weighted by atomic mass is 32.1. The van der Waals surface area contributed by atoms with Gasteiger partial charge in [0.2, 0.25) is 0 Å². The van der Waals surface area contributed by atoms with Gasteiger partial charge in [0.1, 0.15) is 5.00 Å². The third kappa shape index (κ3) is 2.17. The highest BCUT2D eigenvalue weighted by Crippen LogP contribution is 2.15. The van der Waals surface area contributed by atoms with Crippen LogP contribution in [0.5, 0.6) is 0 Å². The maximum atomic E-state index is 11.7. The molecule has 0 aliphatic carbocycles. The lowest BCUT2D eigenvalue weighted by molar-refractivity contribution is 0.102. The lowest BCUT2D eigenvalue weighted by atomic mass is 10.2. The molecule has 0 unspecified atom stereocenters. The molecule has 1 heterocycles. The van der Waals surface area contributed by atoms with Gasteiger partial charge >= 0.3 is 0 Å². The Balaban J connectivity index is 2.14. The molecule has 3 N–H and O–H groups in total. The van der Waals surface area contributed by atoms with Gasteiger partial charge in [0.15, 0.2) is 5.69 Å². The number of carbonyl (C=O) groups is 1. The van der Waals surface area contributed by atoms with E-state index in [2.05, 4.69) is 14.9 Å². The van der Waals surface area contributed by atoms with Crippen LogP contribution in [-0.2, 0) is 0 Å². The smallest absolute Gasteiger partial charge is 0.279 e. The Bertz CT molecular complexity index is 506. The van der Waals surface area contributed by atoms with Crippen LogP contribution in [-0.4, -0.2) is 15.5 Å². The molecule has 0 bridgehead atoms. The van der Waals surface area contributed by atoms with Gasteiger partial charge in [-0.3, -0.25) is 4.79 Å². The van der Waals surface area contributed by atoms with Crippen LogP contribution in [0.25, 0.3) is 0 Å². The van der Waals surface area contributed by atoms with Gasteiger partial charge in [0.25, 0.3) is 5.91 Å². The molecule has 0 aliphatic rings. The number of aromatic nitrogens is 2. The quantitative estimate of drug-likeness (QED) is 0.828. The molecular weight excluding hydrogens is 224 g/mol. The summed E-state index contributed by atoms with van der Waals surface area (Å²) in [5.74, 6) is -0.338. The van der Waals surface area contributed by atoms with Gasteiger partial charge in [-0.2, -0.15) is 0 Å². The lowest BCUT2D eigenvalue weighted by Crippen LogP contribution is -2.13. The molecule has 0 atom stereocenters. The third-order valence-corrected chi connectivity index (χ3v) is 2.59. The summed E-state index contributed by atoms with van der Waals surface area (Å²) < 4.78 is 3.60. The van der Waals surface area contributed by atoms with E-state index < -0.39 is 0 Å². The fraction of sp³-hybridized carbons (Fsp3) is 0.100. The molecular formula is C10H10N4OS. The van der Waals surface area contributed by atoms with Crippen LogP contribution in [0.3, 0.4) is 0 Å². The maximum Gasteiger partial charge on any atom is 0.279 e. The predicted molar refractivity (Wildman–Crippen MR) is 63.5 cm³/mol. The molecule has 2 rings (SSSR count). The minimum Gasteiger partial charge on any atom is -0.387 e. The van der Waals surface area contributed by atoms with Crippen molar-refractivity contribution in [3.8, 4) is 0 Å². The summed E-state index contributed by atoms with van der Waals surface area (Å²) in [5.41, 5.74) is 7.57. The van der Waals surface area contributed by atoms with Crippen molar-refractivity contribution in [1.82, 2.24) is 9.59 Å². The number of amides is 1. The lowest BCUT2D eigenvalue weighted by Gasteiger charge is -2.03. The number of nitrogen functional groups attached to an aromatic ring is 1. The molecule has 0 aliphatic heterocycles. The molecule has 82 valence electrons. The zero-order chi connectivity index (χ0) is 11.5. The summed E-state index contributed by atoms with van der Waals surface area (Å²) >= 11 is 1.00. The van der Waals surface area contributed by atoms with Crippen molar-refractivity contribution in [3.05, 3.63) is 35.5 Å². The molecule has 0 radical (unpaired) electrons. The van der Waals surface area contributed by atoms with E-state index in [9.17, 15) is 4.79 Å². The fourth-order valence-corrected chi connectivity index (χ4v) is 1.61. The van der Waals surface area contributed by atoms with Crippen molar-refractivity contribution in [3.63, 3.8) is 0 Å². The van der Waals surface area contributed by atoms with Crippen molar-refractivity contribution < 1.29 is 4.79 Å². The van der Waals surface area contributed by atoms with Gasteiger partial charge in [0, 0.05) is 17.2 Å². The molecule has 0 fully saturated rings. The first-order chi connectivity index (χ1) is 7.66. The molecule has 6 heteroatoms. The Hall–Kier alpha value is -1.95. The van der Waals surface area contributed by atoms with Crippen molar-refractivity contribution >= 4 is 28.1 Å². The standard InChI is InChI=1S/C10H10N4OS/c1-6-2-4-7(5-3-6)12-10(15)8-9(11)16-14-13-8/h2-5H,11H2,1H3,(H,12,15). The first kappa shape index (κ1) is 10.6. The number of benzene rings is 1. The Morgan fingerprint density at radius 1 is 1.38 bits per heavy atom. The third-order valence-electron chi connectivity index (χ3n) is 2.04. The summed E-state index contributed by atoms with van der Waals surface area (Å²) in [7, 11) is 0. The summed E-state index contributed by atoms with van der Waals surface area (Å²) in [6, 6.07) is 7.48. The first-order valence-electron chi connectivity index (χ1n) is 4.62. The first-order valence-corrected chi connectivity index (χ1v) is 5.40. The number of nitrogens with one attached hydrogen (secondary N) is 1. The topological polar surface area (TPSA) is 80.9 Å². The highest BCUT2D eigenvalue weighted by Gasteiger charge is 2.13. The van der Waals surface area contributed by atoms with E-state index in [1.165, 1.54) is 0 Å². The number of hydrogen-bond acceptors (Lipinski definition) is 5. The normalized spacial score (nSPS) is 10.1. The zero-order valence-electron chi connectivity index (χ0n) is 8.60. The van der Waals surface area contributed by atoms with E-state index in [-0.39, 0.29) is 11.6 Å². The minimum absolute atomic E-state index is 0.172. The number of hydrogen-bond donors (Lipinski definition) is 2. The summed E-state index contributed by atoms with van der Waals surface area (Å²) in [5, 5.41) is 6.68. The molecule has 16 heavy (non-hydrogen) atoms. The van der Waals surface area contributed by atoms with Crippen molar-refractivity contribution in [2.75, 3.05) is 11.1 Å². The van der Waals surface area contributed by atoms with Gasteiger partial charge < -0.3 is 11.1 Å². The molecule has 1 aromatic heterocycles. The van der Waals surface area contributed by atoms with Crippen molar-refractivity contribution in [1.29, 1.82) is 0 Å². The van der Waals surface area contributed by atoms with Crippen LogP contribution >= 0.6 is 11.5 Å². The second-order valence-electron chi connectivity index (χ2n) is 3.31. The zero-order valence-corrected chi connectivity index (χ0v) is 9.41. The summed E-state index contributed by atoms with van der Waals surface area (Å²) in [6.45, 7) is 1.98.